The average molecular weight is 365 g/mol. The third-order valence-electron chi connectivity index (χ3n) is 3.48. The molecule has 2 aromatic rings. The molecule has 0 bridgehead atoms. The van der Waals surface area contributed by atoms with Gasteiger partial charge in [0.25, 0.3) is 0 Å². The molecule has 0 radical (unpaired) electrons. The van der Waals surface area contributed by atoms with Crippen molar-refractivity contribution in [3.05, 3.63) is 68.3 Å². The summed E-state index contributed by atoms with van der Waals surface area (Å²) in [5.41, 5.74) is 5.37. The van der Waals surface area contributed by atoms with Crippen LogP contribution in [0.25, 0.3) is 0 Å². The van der Waals surface area contributed by atoms with Crippen molar-refractivity contribution in [2.45, 2.75) is 26.8 Å². The number of rotatable bonds is 4. The number of aryl methyl sites for hydroxylation is 2. The van der Waals surface area contributed by atoms with Crippen LogP contribution in [0.15, 0.2) is 42.5 Å². The smallest absolute Gasteiger partial charge is 0.0576 e. The molecule has 2 heteroatoms. The molecule has 1 unspecified atom stereocenters. The van der Waals surface area contributed by atoms with Gasteiger partial charge >= 0.3 is 0 Å². The number of hydrogen-bond donors (Lipinski definition) is 1. The molecular weight excluding hydrogens is 345 g/mol. The average Bonchev–Trinajstić information content (AvgIpc) is 2.41. The monoisotopic (exact) mass is 365 g/mol. The van der Waals surface area contributed by atoms with Crippen LogP contribution >= 0.6 is 22.6 Å². The molecule has 0 aliphatic heterocycles. The second kappa shape index (κ2) is 6.53. The van der Waals surface area contributed by atoms with E-state index in [9.17, 15) is 0 Å². The maximum Gasteiger partial charge on any atom is 0.0576 e. The van der Waals surface area contributed by atoms with E-state index in [1.165, 1.54) is 25.8 Å². The molecule has 0 saturated carbocycles. The van der Waals surface area contributed by atoms with E-state index in [2.05, 4.69) is 91.1 Å². The highest BCUT2D eigenvalue weighted by atomic mass is 127. The Labute approximate surface area is 129 Å². The van der Waals surface area contributed by atoms with Crippen LogP contribution in [0.4, 0.5) is 0 Å². The molecule has 0 heterocycles. The van der Waals surface area contributed by atoms with Gasteiger partial charge in [0.1, 0.15) is 0 Å². The lowest BCUT2D eigenvalue weighted by molar-refractivity contribution is 0.630. The lowest BCUT2D eigenvalue weighted by Crippen LogP contribution is -2.22. The van der Waals surface area contributed by atoms with Gasteiger partial charge in [-0.2, -0.15) is 0 Å². The van der Waals surface area contributed by atoms with E-state index in [0.717, 1.165) is 6.54 Å². The predicted octanol–water partition coefficient (Wildman–Crippen LogP) is 4.61. The minimum Gasteiger partial charge on any atom is -0.307 e. The van der Waals surface area contributed by atoms with Crippen molar-refractivity contribution in [2.75, 3.05) is 6.54 Å². The summed E-state index contributed by atoms with van der Waals surface area (Å²) in [6, 6.07) is 15.8. The molecule has 0 amide bonds. The van der Waals surface area contributed by atoms with Gasteiger partial charge in [-0.1, -0.05) is 37.3 Å². The Morgan fingerprint density at radius 1 is 0.947 bits per heavy atom. The standard InChI is InChI=1S/C17H20IN/c1-4-19-17(14-7-9-16(18)10-8-14)15-6-5-12(2)13(3)11-15/h5-11,17,19H,4H2,1-3H3. The van der Waals surface area contributed by atoms with Gasteiger partial charge in [0.2, 0.25) is 0 Å². The summed E-state index contributed by atoms with van der Waals surface area (Å²) >= 11 is 2.35. The molecule has 0 aliphatic rings. The van der Waals surface area contributed by atoms with Crippen molar-refractivity contribution >= 4 is 22.6 Å². The highest BCUT2D eigenvalue weighted by Gasteiger charge is 2.13. The van der Waals surface area contributed by atoms with Gasteiger partial charge < -0.3 is 5.32 Å². The number of halogens is 1. The quantitative estimate of drug-likeness (QED) is 0.781. The van der Waals surface area contributed by atoms with Gasteiger partial charge in [-0.15, -0.1) is 0 Å². The van der Waals surface area contributed by atoms with Crippen LogP contribution in [0, 0.1) is 17.4 Å². The fourth-order valence-electron chi connectivity index (χ4n) is 2.23. The summed E-state index contributed by atoms with van der Waals surface area (Å²) in [6.07, 6.45) is 0. The van der Waals surface area contributed by atoms with E-state index in [-0.39, 0.29) is 6.04 Å². The summed E-state index contributed by atoms with van der Waals surface area (Å²) in [7, 11) is 0. The molecule has 0 spiro atoms. The fourth-order valence-corrected chi connectivity index (χ4v) is 2.59. The van der Waals surface area contributed by atoms with Crippen LogP contribution in [-0.4, -0.2) is 6.54 Å². The van der Waals surface area contributed by atoms with Crippen molar-refractivity contribution in [3.8, 4) is 0 Å². The second-order valence-corrected chi connectivity index (χ2v) is 6.13. The zero-order valence-electron chi connectivity index (χ0n) is 11.7. The van der Waals surface area contributed by atoms with Gasteiger partial charge in [-0.3, -0.25) is 0 Å². The Kier molecular flexibility index (Phi) is 4.99. The molecule has 2 rings (SSSR count). The third kappa shape index (κ3) is 3.57. The molecular formula is C17H20IN. The van der Waals surface area contributed by atoms with Crippen LogP contribution < -0.4 is 5.32 Å². The lowest BCUT2D eigenvalue weighted by Gasteiger charge is -2.20. The molecule has 1 nitrogen and oxygen atoms in total. The first kappa shape index (κ1) is 14.5. The van der Waals surface area contributed by atoms with Crippen molar-refractivity contribution in [2.24, 2.45) is 0 Å². The second-order valence-electron chi connectivity index (χ2n) is 4.89. The first-order valence-corrected chi connectivity index (χ1v) is 7.75. The minimum atomic E-state index is 0.279. The first-order valence-electron chi connectivity index (χ1n) is 6.68. The number of nitrogens with one attached hydrogen (secondary N) is 1. The zero-order valence-corrected chi connectivity index (χ0v) is 13.9. The zero-order chi connectivity index (χ0) is 13.8. The first-order chi connectivity index (χ1) is 9.11. The van der Waals surface area contributed by atoms with Crippen LogP contribution in [0.1, 0.15) is 35.2 Å². The Morgan fingerprint density at radius 3 is 2.16 bits per heavy atom. The lowest BCUT2D eigenvalue weighted by atomic mass is 9.95. The topological polar surface area (TPSA) is 12.0 Å². The van der Waals surface area contributed by atoms with Gasteiger partial charge in [-0.25, -0.2) is 0 Å². The van der Waals surface area contributed by atoms with Crippen molar-refractivity contribution in [1.29, 1.82) is 0 Å². The van der Waals surface area contributed by atoms with Crippen LogP contribution in [-0.2, 0) is 0 Å². The maximum atomic E-state index is 3.58. The number of hydrogen-bond acceptors (Lipinski definition) is 1. The van der Waals surface area contributed by atoms with Crippen molar-refractivity contribution in [3.63, 3.8) is 0 Å². The van der Waals surface area contributed by atoms with E-state index < -0.39 is 0 Å². The van der Waals surface area contributed by atoms with Gasteiger partial charge in [-0.05, 0) is 77.4 Å². The molecule has 100 valence electrons. The van der Waals surface area contributed by atoms with Crippen LogP contribution in [0.3, 0.4) is 0 Å². The molecule has 0 aliphatic carbocycles. The minimum absolute atomic E-state index is 0.279. The van der Waals surface area contributed by atoms with E-state index in [1.54, 1.807) is 0 Å². The Bertz CT molecular complexity index is 546. The highest BCUT2D eigenvalue weighted by molar-refractivity contribution is 14.1. The van der Waals surface area contributed by atoms with Gasteiger partial charge in [0.15, 0.2) is 0 Å². The van der Waals surface area contributed by atoms with E-state index in [1.807, 2.05) is 0 Å². The third-order valence-corrected chi connectivity index (χ3v) is 4.20. The molecule has 1 atom stereocenters. The molecule has 0 aromatic heterocycles. The molecule has 2 aromatic carbocycles. The van der Waals surface area contributed by atoms with Gasteiger partial charge in [0, 0.05) is 3.57 Å². The maximum absolute atomic E-state index is 3.58. The molecule has 0 fully saturated rings. The Morgan fingerprint density at radius 2 is 1.58 bits per heavy atom. The Balaban J connectivity index is 2.38. The highest BCUT2D eigenvalue weighted by Crippen LogP contribution is 2.24. The normalized spacial score (nSPS) is 12.4. The predicted molar refractivity (Wildman–Crippen MR) is 90.6 cm³/mol. The van der Waals surface area contributed by atoms with E-state index in [4.69, 9.17) is 0 Å². The SMILES string of the molecule is CCNC(c1ccc(I)cc1)c1ccc(C)c(C)c1. The van der Waals surface area contributed by atoms with E-state index >= 15 is 0 Å². The largest absolute Gasteiger partial charge is 0.307 e. The molecule has 0 saturated heterocycles. The van der Waals surface area contributed by atoms with Crippen molar-refractivity contribution in [1.82, 2.24) is 5.32 Å². The summed E-state index contributed by atoms with van der Waals surface area (Å²) in [5, 5.41) is 3.58. The van der Waals surface area contributed by atoms with Crippen molar-refractivity contribution < 1.29 is 0 Å². The van der Waals surface area contributed by atoms with Gasteiger partial charge in [0.05, 0.1) is 6.04 Å². The summed E-state index contributed by atoms with van der Waals surface area (Å²) in [6.45, 7) is 7.45. The summed E-state index contributed by atoms with van der Waals surface area (Å²) < 4.78 is 1.27. The molecule has 19 heavy (non-hydrogen) atoms. The van der Waals surface area contributed by atoms with E-state index in [0.29, 0.717) is 0 Å². The summed E-state index contributed by atoms with van der Waals surface area (Å²) in [5.74, 6) is 0. The fraction of sp³-hybridized carbons (Fsp3) is 0.294. The van der Waals surface area contributed by atoms with Crippen LogP contribution in [0.2, 0.25) is 0 Å². The Hall–Kier alpha value is -0.870. The number of benzene rings is 2. The molecule has 1 N–H and O–H groups in total. The van der Waals surface area contributed by atoms with Crippen LogP contribution in [0.5, 0.6) is 0 Å². The summed E-state index contributed by atoms with van der Waals surface area (Å²) in [4.78, 5) is 0.